The molecule has 0 bridgehead atoms. The number of carbonyl (C=O) groups excluding carboxylic acids is 1. The number of hydrogen-bond donors (Lipinski definition) is 1. The predicted octanol–water partition coefficient (Wildman–Crippen LogP) is 2.67. The molecule has 4 rings (SSSR count). The van der Waals surface area contributed by atoms with Gasteiger partial charge in [-0.05, 0) is 55.6 Å². The van der Waals surface area contributed by atoms with E-state index in [2.05, 4.69) is 10.2 Å². The molecule has 1 aromatic heterocycles. The number of piperazine rings is 1. The maximum Gasteiger partial charge on any atom is 0.255 e. The number of benzene rings is 2. The Morgan fingerprint density at radius 3 is 2.38 bits per heavy atom. The lowest BCUT2D eigenvalue weighted by Crippen LogP contribution is -2.47. The average Bonchev–Trinajstić information content (AvgIpc) is 3.34. The zero-order chi connectivity index (χ0) is 22.7. The smallest absolute Gasteiger partial charge is 0.255 e. The molecular formula is C23H26N4O4S. The number of carbonyl (C=O) groups is 1. The second kappa shape index (κ2) is 9.15. The Morgan fingerprint density at radius 2 is 1.69 bits per heavy atom. The second-order valence-corrected chi connectivity index (χ2v) is 9.57. The highest BCUT2D eigenvalue weighted by atomic mass is 32.2. The van der Waals surface area contributed by atoms with Crippen LogP contribution in [0.25, 0.3) is 5.69 Å². The van der Waals surface area contributed by atoms with E-state index >= 15 is 0 Å². The number of nitrogens with zero attached hydrogens (tertiary/aromatic N) is 3. The number of likely N-dealkylation sites (N-methyl/N-ethyl adjacent to an activating group) is 1. The Kier molecular flexibility index (Phi) is 6.31. The Bertz CT molecular complexity index is 1200. The van der Waals surface area contributed by atoms with E-state index in [0.717, 1.165) is 5.69 Å². The van der Waals surface area contributed by atoms with Gasteiger partial charge in [-0.25, -0.2) is 8.42 Å². The third-order valence-corrected chi connectivity index (χ3v) is 7.43. The summed E-state index contributed by atoms with van der Waals surface area (Å²) in [7, 11) is -0.362. The van der Waals surface area contributed by atoms with Crippen LogP contribution in [0, 0.1) is 0 Å². The van der Waals surface area contributed by atoms with Crippen LogP contribution >= 0.6 is 0 Å². The molecule has 0 atom stereocenters. The lowest BCUT2D eigenvalue weighted by molar-refractivity contribution is 0.102. The van der Waals surface area contributed by atoms with Crippen molar-refractivity contribution in [3.63, 3.8) is 0 Å². The summed E-state index contributed by atoms with van der Waals surface area (Å²) in [5.74, 6) is -0.0800. The van der Waals surface area contributed by atoms with Gasteiger partial charge in [0.1, 0.15) is 10.6 Å². The number of aromatic nitrogens is 1. The van der Waals surface area contributed by atoms with Gasteiger partial charge >= 0.3 is 0 Å². The Hall–Kier alpha value is -3.14. The zero-order valence-electron chi connectivity index (χ0n) is 18.1. The third-order valence-electron chi connectivity index (χ3n) is 5.51. The fraction of sp³-hybridized carbons (Fsp3) is 0.261. The van der Waals surface area contributed by atoms with Gasteiger partial charge in [0.2, 0.25) is 10.0 Å². The Morgan fingerprint density at radius 1 is 0.969 bits per heavy atom. The molecule has 0 radical (unpaired) electrons. The van der Waals surface area contributed by atoms with E-state index in [-0.39, 0.29) is 16.6 Å². The minimum absolute atomic E-state index is 0.0449. The lowest BCUT2D eigenvalue weighted by atomic mass is 10.2. The van der Waals surface area contributed by atoms with Gasteiger partial charge in [0.15, 0.2) is 0 Å². The summed E-state index contributed by atoms with van der Waals surface area (Å²) >= 11 is 0. The molecule has 1 N–H and O–H groups in total. The van der Waals surface area contributed by atoms with E-state index in [0.29, 0.717) is 37.4 Å². The van der Waals surface area contributed by atoms with Crippen molar-refractivity contribution in [2.75, 3.05) is 45.7 Å². The van der Waals surface area contributed by atoms with Crippen LogP contribution in [0.1, 0.15) is 10.4 Å². The summed E-state index contributed by atoms with van der Waals surface area (Å²) in [4.78, 5) is 15.0. The molecule has 9 heteroatoms. The van der Waals surface area contributed by atoms with Crippen LogP contribution in [0.4, 0.5) is 5.69 Å². The predicted molar refractivity (Wildman–Crippen MR) is 123 cm³/mol. The van der Waals surface area contributed by atoms with Crippen molar-refractivity contribution >= 4 is 21.6 Å². The van der Waals surface area contributed by atoms with Crippen molar-refractivity contribution in [1.29, 1.82) is 0 Å². The zero-order valence-corrected chi connectivity index (χ0v) is 18.9. The highest BCUT2D eigenvalue weighted by Gasteiger charge is 2.30. The summed E-state index contributed by atoms with van der Waals surface area (Å²) in [5.41, 5.74) is 1.71. The largest absolute Gasteiger partial charge is 0.495 e. The fourth-order valence-corrected chi connectivity index (χ4v) is 5.24. The number of anilines is 1. The first-order valence-corrected chi connectivity index (χ1v) is 11.7. The van der Waals surface area contributed by atoms with Crippen molar-refractivity contribution < 1.29 is 17.9 Å². The van der Waals surface area contributed by atoms with Crippen molar-refractivity contribution in [3.8, 4) is 11.4 Å². The molecule has 2 aromatic carbocycles. The van der Waals surface area contributed by atoms with Gasteiger partial charge in [-0.1, -0.05) is 6.07 Å². The summed E-state index contributed by atoms with van der Waals surface area (Å²) in [6, 6.07) is 15.7. The first-order chi connectivity index (χ1) is 15.4. The SMILES string of the molecule is COc1ccc(NC(=O)c2cccc(-n3cccc3)c2)cc1S(=O)(=O)N1CCN(C)CC1. The van der Waals surface area contributed by atoms with E-state index in [4.69, 9.17) is 4.74 Å². The number of ether oxygens (including phenoxy) is 1. The first kappa shape index (κ1) is 22.1. The maximum atomic E-state index is 13.3. The van der Waals surface area contributed by atoms with E-state index in [1.165, 1.54) is 17.5 Å². The minimum atomic E-state index is -3.76. The Labute approximate surface area is 188 Å². The van der Waals surface area contributed by atoms with Crippen LogP contribution in [-0.2, 0) is 10.0 Å². The molecule has 1 aliphatic rings. The molecule has 8 nitrogen and oxygen atoms in total. The lowest BCUT2D eigenvalue weighted by Gasteiger charge is -2.31. The number of sulfonamides is 1. The highest BCUT2D eigenvalue weighted by Crippen LogP contribution is 2.30. The van der Waals surface area contributed by atoms with E-state index in [1.807, 2.05) is 48.3 Å². The summed E-state index contributed by atoms with van der Waals surface area (Å²) in [6.45, 7) is 2.14. The molecule has 0 spiro atoms. The van der Waals surface area contributed by atoms with Gasteiger partial charge in [0.25, 0.3) is 5.91 Å². The molecule has 3 aromatic rings. The molecule has 0 unspecified atom stereocenters. The molecular weight excluding hydrogens is 428 g/mol. The van der Waals surface area contributed by atoms with Crippen LogP contribution in [0.3, 0.4) is 0 Å². The quantitative estimate of drug-likeness (QED) is 0.619. The van der Waals surface area contributed by atoms with Crippen molar-refractivity contribution in [2.45, 2.75) is 4.90 Å². The molecule has 2 heterocycles. The maximum absolute atomic E-state index is 13.3. The fourth-order valence-electron chi connectivity index (χ4n) is 3.64. The van der Waals surface area contributed by atoms with Crippen LogP contribution < -0.4 is 10.1 Å². The average molecular weight is 455 g/mol. The Balaban J connectivity index is 1.59. The van der Waals surface area contributed by atoms with Gasteiger partial charge in [-0.15, -0.1) is 0 Å². The van der Waals surface area contributed by atoms with Crippen molar-refractivity contribution in [2.24, 2.45) is 0 Å². The van der Waals surface area contributed by atoms with E-state index in [9.17, 15) is 13.2 Å². The normalized spacial score (nSPS) is 15.4. The van der Waals surface area contributed by atoms with Gasteiger partial charge in [0, 0.05) is 55.5 Å². The van der Waals surface area contributed by atoms with Gasteiger partial charge in [-0.2, -0.15) is 4.31 Å². The molecule has 0 aliphatic carbocycles. The monoisotopic (exact) mass is 454 g/mol. The molecule has 1 aliphatic heterocycles. The molecule has 0 saturated carbocycles. The van der Waals surface area contributed by atoms with Gasteiger partial charge in [0.05, 0.1) is 7.11 Å². The van der Waals surface area contributed by atoms with Crippen molar-refractivity contribution in [3.05, 3.63) is 72.6 Å². The molecule has 1 saturated heterocycles. The minimum Gasteiger partial charge on any atom is -0.495 e. The molecule has 32 heavy (non-hydrogen) atoms. The third kappa shape index (κ3) is 4.55. The van der Waals surface area contributed by atoms with Gasteiger partial charge in [-0.3, -0.25) is 4.79 Å². The molecule has 1 amide bonds. The van der Waals surface area contributed by atoms with Crippen LogP contribution in [0.15, 0.2) is 71.9 Å². The van der Waals surface area contributed by atoms with Crippen molar-refractivity contribution in [1.82, 2.24) is 13.8 Å². The molecule has 168 valence electrons. The first-order valence-electron chi connectivity index (χ1n) is 10.3. The van der Waals surface area contributed by atoms with Crippen LogP contribution in [0.2, 0.25) is 0 Å². The number of hydrogen-bond acceptors (Lipinski definition) is 5. The second-order valence-electron chi connectivity index (χ2n) is 7.67. The topological polar surface area (TPSA) is 83.9 Å². The van der Waals surface area contributed by atoms with E-state index < -0.39 is 10.0 Å². The number of nitrogens with one attached hydrogen (secondary N) is 1. The summed E-state index contributed by atoms with van der Waals surface area (Å²) in [5, 5.41) is 2.81. The van der Waals surface area contributed by atoms with E-state index in [1.54, 1.807) is 24.3 Å². The number of rotatable bonds is 6. The highest BCUT2D eigenvalue weighted by molar-refractivity contribution is 7.89. The molecule has 1 fully saturated rings. The van der Waals surface area contributed by atoms with Gasteiger partial charge < -0.3 is 19.5 Å². The summed E-state index contributed by atoms with van der Waals surface area (Å²) < 4.78 is 35.2. The number of amides is 1. The summed E-state index contributed by atoms with van der Waals surface area (Å²) in [6.07, 6.45) is 3.80. The van der Waals surface area contributed by atoms with Crippen LogP contribution in [0.5, 0.6) is 5.75 Å². The standard InChI is InChI=1S/C23H26N4O4S/c1-25-12-14-27(15-13-25)32(29,30)22-17-19(8-9-21(22)31-2)24-23(28)18-6-5-7-20(16-18)26-10-3-4-11-26/h3-11,16-17H,12-15H2,1-2H3,(H,24,28). The number of methoxy groups -OCH3 is 1. The van der Waals surface area contributed by atoms with Crippen LogP contribution in [-0.4, -0.2) is 68.4 Å².